The molecular weight excluding hydrogens is 398 g/mol. The molecule has 0 spiro atoms. The lowest BCUT2D eigenvalue weighted by molar-refractivity contribution is 0.579. The first-order chi connectivity index (χ1) is 13.9. The Kier molecular flexibility index (Phi) is 7.45. The molecule has 29 heavy (non-hydrogen) atoms. The Morgan fingerprint density at radius 1 is 1.24 bits per heavy atom. The molecule has 0 radical (unpaired) electrons. The summed E-state index contributed by atoms with van der Waals surface area (Å²) in [7, 11) is -1.19. The summed E-state index contributed by atoms with van der Waals surface area (Å²) in [4.78, 5) is 11.0. The van der Waals surface area contributed by atoms with Crippen LogP contribution in [0.5, 0.6) is 0 Å². The van der Waals surface area contributed by atoms with Crippen LogP contribution in [0, 0.1) is 11.6 Å². The third-order valence-electron chi connectivity index (χ3n) is 4.34. The van der Waals surface area contributed by atoms with Gasteiger partial charge < -0.3 is 15.5 Å². The highest BCUT2D eigenvalue weighted by atomic mass is 32.2. The van der Waals surface area contributed by atoms with Gasteiger partial charge in [-0.15, -0.1) is 0 Å². The van der Waals surface area contributed by atoms with Crippen LogP contribution in [-0.2, 0) is 11.0 Å². The predicted octanol–water partition coefficient (Wildman–Crippen LogP) is 1.91. The van der Waals surface area contributed by atoms with Gasteiger partial charge in [0.05, 0.1) is 16.7 Å². The highest BCUT2D eigenvalue weighted by Gasteiger charge is 2.18. The third kappa shape index (κ3) is 5.91. The molecule has 0 aliphatic carbocycles. The largest absolute Gasteiger partial charge is 0.368 e. The Bertz CT molecular complexity index is 861. The van der Waals surface area contributed by atoms with E-state index in [-0.39, 0.29) is 11.6 Å². The summed E-state index contributed by atoms with van der Waals surface area (Å²) < 4.78 is 42.6. The lowest BCUT2D eigenvalue weighted by Gasteiger charge is -2.28. The van der Waals surface area contributed by atoms with Crippen molar-refractivity contribution in [2.45, 2.75) is 19.9 Å². The lowest BCUT2D eigenvalue weighted by Crippen LogP contribution is -2.44. The number of halogens is 2. The van der Waals surface area contributed by atoms with Crippen LogP contribution in [0.1, 0.15) is 13.8 Å². The van der Waals surface area contributed by atoms with Gasteiger partial charge >= 0.3 is 0 Å². The van der Waals surface area contributed by atoms with Gasteiger partial charge in [0.15, 0.2) is 0 Å². The zero-order chi connectivity index (χ0) is 20.8. The third-order valence-corrected chi connectivity index (χ3v) is 5.65. The number of rotatable bonds is 8. The molecule has 1 saturated heterocycles. The van der Waals surface area contributed by atoms with Crippen molar-refractivity contribution in [2.75, 3.05) is 48.7 Å². The molecule has 10 heteroatoms. The van der Waals surface area contributed by atoms with Crippen molar-refractivity contribution in [3.8, 4) is 11.1 Å². The molecule has 1 atom stereocenters. The Hall–Kier alpha value is -2.17. The molecule has 3 N–H and O–H groups in total. The van der Waals surface area contributed by atoms with E-state index >= 15 is 0 Å². The van der Waals surface area contributed by atoms with Crippen molar-refractivity contribution in [3.63, 3.8) is 0 Å². The van der Waals surface area contributed by atoms with E-state index in [1.165, 1.54) is 12.1 Å². The first-order valence-corrected chi connectivity index (χ1v) is 10.9. The summed E-state index contributed by atoms with van der Waals surface area (Å²) in [5, 5.41) is 6.42. The van der Waals surface area contributed by atoms with Crippen molar-refractivity contribution in [2.24, 2.45) is 0 Å². The quantitative estimate of drug-likeness (QED) is 0.601. The average Bonchev–Trinajstić information content (AvgIpc) is 2.68. The summed E-state index contributed by atoms with van der Waals surface area (Å²) in [6.45, 7) is 7.43. The molecular formula is C19H26F2N6OS. The second-order valence-electron chi connectivity index (χ2n) is 7.04. The number of hydrogen-bond donors (Lipinski definition) is 3. The molecule has 2 aromatic rings. The van der Waals surface area contributed by atoms with Gasteiger partial charge in [-0.25, -0.2) is 22.7 Å². The van der Waals surface area contributed by atoms with Crippen LogP contribution < -0.4 is 20.3 Å². The Balaban J connectivity index is 1.85. The maximum atomic E-state index is 14.4. The molecule has 1 unspecified atom stereocenters. The van der Waals surface area contributed by atoms with E-state index < -0.39 is 22.6 Å². The number of anilines is 2. The minimum absolute atomic E-state index is 0.109. The molecule has 1 aromatic heterocycles. The summed E-state index contributed by atoms with van der Waals surface area (Å²) in [5.41, 5.74) is 0.645. The van der Waals surface area contributed by atoms with Crippen LogP contribution in [0.4, 0.5) is 20.5 Å². The summed E-state index contributed by atoms with van der Waals surface area (Å²) in [6.07, 6.45) is 1.55. The monoisotopic (exact) mass is 424 g/mol. The zero-order valence-electron chi connectivity index (χ0n) is 16.5. The molecule has 1 fully saturated rings. The molecule has 1 aliphatic rings. The van der Waals surface area contributed by atoms with Crippen molar-refractivity contribution in [3.05, 3.63) is 36.0 Å². The van der Waals surface area contributed by atoms with Gasteiger partial charge in [-0.1, -0.05) is 0 Å². The van der Waals surface area contributed by atoms with Crippen molar-refractivity contribution >= 4 is 22.8 Å². The fourth-order valence-electron chi connectivity index (χ4n) is 3.01. The Labute approximate surface area is 171 Å². The van der Waals surface area contributed by atoms with E-state index in [0.717, 1.165) is 32.2 Å². The highest BCUT2D eigenvalue weighted by Crippen LogP contribution is 2.30. The summed E-state index contributed by atoms with van der Waals surface area (Å²) >= 11 is 0. The van der Waals surface area contributed by atoms with Crippen LogP contribution in [0.15, 0.2) is 24.4 Å². The fraction of sp³-hybridized carbons (Fsp3) is 0.474. The number of nitrogens with one attached hydrogen (secondary N) is 3. The maximum Gasteiger partial charge on any atom is 0.227 e. The maximum absolute atomic E-state index is 14.4. The van der Waals surface area contributed by atoms with Crippen LogP contribution in [-0.4, -0.2) is 58.7 Å². The van der Waals surface area contributed by atoms with Gasteiger partial charge in [-0.3, -0.25) is 0 Å². The van der Waals surface area contributed by atoms with Gasteiger partial charge in [-0.05, 0) is 26.0 Å². The molecule has 1 aliphatic heterocycles. The van der Waals surface area contributed by atoms with Crippen molar-refractivity contribution in [1.29, 1.82) is 0 Å². The van der Waals surface area contributed by atoms with Gasteiger partial charge in [0.1, 0.15) is 17.5 Å². The van der Waals surface area contributed by atoms with E-state index in [1.807, 2.05) is 18.7 Å². The van der Waals surface area contributed by atoms with Gasteiger partial charge in [0, 0.05) is 62.2 Å². The highest BCUT2D eigenvalue weighted by molar-refractivity contribution is 7.83. The molecule has 0 bridgehead atoms. The normalized spacial score (nSPS) is 15.6. The number of benzene rings is 1. The molecule has 0 saturated carbocycles. The van der Waals surface area contributed by atoms with Gasteiger partial charge in [-0.2, -0.15) is 4.98 Å². The van der Waals surface area contributed by atoms with E-state index in [1.54, 1.807) is 6.20 Å². The molecule has 0 amide bonds. The topological polar surface area (TPSA) is 82.2 Å². The first-order valence-electron chi connectivity index (χ1n) is 9.60. The summed E-state index contributed by atoms with van der Waals surface area (Å²) in [5.74, 6) is 0.00409. The van der Waals surface area contributed by atoms with E-state index in [2.05, 4.69) is 25.3 Å². The standard InChI is InChI=1S/C19H26F2N6OS/c1-13(2)26-29(28)10-7-23-18-16(15-4-3-14(20)11-17(15)21)12-24-19(25-18)27-8-5-22-6-9-27/h3-4,11-13,22,26H,5-10H2,1-2H3,(H,23,24,25). The molecule has 7 nitrogen and oxygen atoms in total. The van der Waals surface area contributed by atoms with Crippen LogP contribution in [0.25, 0.3) is 11.1 Å². The molecule has 1 aromatic carbocycles. The Morgan fingerprint density at radius 2 is 2.00 bits per heavy atom. The average molecular weight is 425 g/mol. The van der Waals surface area contributed by atoms with Gasteiger partial charge in [0.2, 0.25) is 5.95 Å². The van der Waals surface area contributed by atoms with E-state index in [9.17, 15) is 13.0 Å². The number of nitrogens with zero attached hydrogens (tertiary/aromatic N) is 3. The predicted molar refractivity (Wildman–Crippen MR) is 112 cm³/mol. The second kappa shape index (κ2) is 10.0. The van der Waals surface area contributed by atoms with Crippen LogP contribution >= 0.6 is 0 Å². The second-order valence-corrected chi connectivity index (χ2v) is 8.38. The number of hydrogen-bond acceptors (Lipinski definition) is 6. The minimum Gasteiger partial charge on any atom is -0.368 e. The number of aromatic nitrogens is 2. The zero-order valence-corrected chi connectivity index (χ0v) is 17.4. The van der Waals surface area contributed by atoms with Crippen LogP contribution in [0.3, 0.4) is 0 Å². The fourth-order valence-corrected chi connectivity index (χ4v) is 3.94. The van der Waals surface area contributed by atoms with Crippen molar-refractivity contribution in [1.82, 2.24) is 20.0 Å². The molecule has 2 heterocycles. The molecule has 3 rings (SSSR count). The van der Waals surface area contributed by atoms with Gasteiger partial charge in [0.25, 0.3) is 0 Å². The van der Waals surface area contributed by atoms with Crippen molar-refractivity contribution < 1.29 is 13.0 Å². The Morgan fingerprint density at radius 3 is 2.69 bits per heavy atom. The van der Waals surface area contributed by atoms with E-state index in [0.29, 0.717) is 29.6 Å². The minimum atomic E-state index is -1.19. The summed E-state index contributed by atoms with van der Waals surface area (Å²) in [6, 6.07) is 3.52. The number of piperazine rings is 1. The lowest BCUT2D eigenvalue weighted by atomic mass is 10.1. The van der Waals surface area contributed by atoms with Crippen LogP contribution in [0.2, 0.25) is 0 Å². The van der Waals surface area contributed by atoms with E-state index in [4.69, 9.17) is 0 Å². The first kappa shape index (κ1) is 21.5. The molecule has 158 valence electrons. The SMILES string of the molecule is CC(C)NS(=O)CCNc1nc(N2CCNCC2)ncc1-c1ccc(F)cc1F. The smallest absolute Gasteiger partial charge is 0.227 e.